The second kappa shape index (κ2) is 6.84. The molecule has 0 fully saturated rings. The number of carbonyl (C=O) groups excluding carboxylic acids is 1. The number of thiazole rings is 1. The van der Waals surface area contributed by atoms with Crippen molar-refractivity contribution in [1.29, 1.82) is 0 Å². The lowest BCUT2D eigenvalue weighted by atomic mass is 10.1. The smallest absolute Gasteiger partial charge is 0.271 e. The molecule has 1 aromatic carbocycles. The Hall–Kier alpha value is -2.67. The van der Waals surface area contributed by atoms with E-state index in [-0.39, 0.29) is 11.1 Å². The van der Waals surface area contributed by atoms with E-state index < -0.39 is 5.91 Å². The number of carbonyl (C=O) groups is 1. The molecule has 3 aromatic rings. The van der Waals surface area contributed by atoms with Crippen LogP contribution >= 0.6 is 11.3 Å². The average Bonchev–Trinajstić information content (AvgIpc) is 3.08. The van der Waals surface area contributed by atoms with Gasteiger partial charge in [-0.2, -0.15) is 0 Å². The Morgan fingerprint density at radius 1 is 1.42 bits per heavy atom. The van der Waals surface area contributed by atoms with Gasteiger partial charge in [-0.25, -0.2) is 4.98 Å². The Balaban J connectivity index is 1.88. The molecule has 2 heterocycles. The van der Waals surface area contributed by atoms with Crippen molar-refractivity contribution in [2.75, 3.05) is 7.11 Å². The first-order chi connectivity index (χ1) is 11.6. The van der Waals surface area contributed by atoms with Crippen LogP contribution < -0.4 is 15.6 Å². The first-order valence-electron chi connectivity index (χ1n) is 7.54. The molecule has 0 aliphatic rings. The van der Waals surface area contributed by atoms with Crippen molar-refractivity contribution in [3.63, 3.8) is 0 Å². The largest absolute Gasteiger partial charge is 0.497 e. The summed E-state index contributed by atoms with van der Waals surface area (Å²) >= 11 is 1.37. The van der Waals surface area contributed by atoms with Gasteiger partial charge in [0.2, 0.25) is 0 Å². The van der Waals surface area contributed by atoms with Gasteiger partial charge in [0, 0.05) is 18.1 Å². The van der Waals surface area contributed by atoms with Gasteiger partial charge in [0.15, 0.2) is 4.96 Å². The summed E-state index contributed by atoms with van der Waals surface area (Å²) in [6.45, 7) is 2.19. The summed E-state index contributed by atoms with van der Waals surface area (Å²) in [4.78, 5) is 30.1. The van der Waals surface area contributed by atoms with Crippen molar-refractivity contribution in [1.82, 2.24) is 14.7 Å². The zero-order chi connectivity index (χ0) is 17.1. The van der Waals surface area contributed by atoms with Gasteiger partial charge in [0.25, 0.3) is 11.5 Å². The lowest BCUT2D eigenvalue weighted by molar-refractivity contribution is 0.0948. The molecule has 0 spiro atoms. The van der Waals surface area contributed by atoms with Crippen LogP contribution in [0.1, 0.15) is 28.5 Å². The highest BCUT2D eigenvalue weighted by Gasteiger charge is 2.19. The summed E-state index contributed by atoms with van der Waals surface area (Å²) in [7, 11) is 1.59. The monoisotopic (exact) mass is 343 g/mol. The lowest BCUT2D eigenvalue weighted by Crippen LogP contribution is -2.32. The molecule has 1 N–H and O–H groups in total. The Morgan fingerprint density at radius 2 is 2.25 bits per heavy atom. The minimum atomic E-state index is -0.409. The Morgan fingerprint density at radius 3 is 3.00 bits per heavy atom. The first-order valence-corrected chi connectivity index (χ1v) is 8.42. The molecule has 0 atom stereocenters. The van der Waals surface area contributed by atoms with Gasteiger partial charge in [-0.05, 0) is 24.1 Å². The zero-order valence-electron chi connectivity index (χ0n) is 13.4. The van der Waals surface area contributed by atoms with Crippen LogP contribution in [0.15, 0.2) is 40.6 Å². The Kier molecular flexibility index (Phi) is 4.61. The normalized spacial score (nSPS) is 10.8. The van der Waals surface area contributed by atoms with Crippen molar-refractivity contribution in [3.05, 3.63) is 63.0 Å². The molecule has 0 radical (unpaired) electrons. The summed E-state index contributed by atoms with van der Waals surface area (Å²) in [6, 6.07) is 7.41. The predicted molar refractivity (Wildman–Crippen MR) is 92.9 cm³/mol. The van der Waals surface area contributed by atoms with E-state index in [1.165, 1.54) is 15.7 Å². The number of methoxy groups -OCH3 is 1. The van der Waals surface area contributed by atoms with Crippen molar-refractivity contribution in [3.8, 4) is 5.75 Å². The highest BCUT2D eigenvalue weighted by Crippen LogP contribution is 2.13. The molecular formula is C17H17N3O3S. The van der Waals surface area contributed by atoms with E-state index in [0.717, 1.165) is 11.3 Å². The number of benzene rings is 1. The summed E-state index contributed by atoms with van der Waals surface area (Å²) in [5.41, 5.74) is 1.19. The predicted octanol–water partition coefficient (Wildman–Crippen LogP) is 2.26. The molecule has 2 aromatic heterocycles. The van der Waals surface area contributed by atoms with Crippen LogP contribution in [0, 0.1) is 0 Å². The van der Waals surface area contributed by atoms with E-state index in [2.05, 4.69) is 10.3 Å². The number of ether oxygens (including phenoxy) is 1. The second-order valence-electron chi connectivity index (χ2n) is 5.18. The standard InChI is InChI=1S/C17H17N3O3S/c1-3-13-14(16(22)20-7-8-24-17(20)19-13)15(21)18-10-11-5-4-6-12(9-11)23-2/h4-9H,3,10H2,1-2H3,(H,18,21). The summed E-state index contributed by atoms with van der Waals surface area (Å²) in [5.74, 6) is 0.310. The molecule has 1 amide bonds. The van der Waals surface area contributed by atoms with E-state index in [9.17, 15) is 9.59 Å². The van der Waals surface area contributed by atoms with Crippen molar-refractivity contribution < 1.29 is 9.53 Å². The summed E-state index contributed by atoms with van der Waals surface area (Å²) in [5, 5.41) is 4.57. The third kappa shape index (κ3) is 3.03. The number of rotatable bonds is 5. The molecule has 0 unspecified atom stereocenters. The quantitative estimate of drug-likeness (QED) is 0.771. The third-order valence-corrected chi connectivity index (χ3v) is 4.45. The first kappa shape index (κ1) is 16.2. The highest BCUT2D eigenvalue weighted by atomic mass is 32.1. The maximum atomic E-state index is 12.6. The zero-order valence-corrected chi connectivity index (χ0v) is 14.2. The van der Waals surface area contributed by atoms with Gasteiger partial charge in [-0.15, -0.1) is 11.3 Å². The molecule has 124 valence electrons. The minimum Gasteiger partial charge on any atom is -0.497 e. The number of aryl methyl sites for hydroxylation is 1. The molecule has 0 bridgehead atoms. The van der Waals surface area contributed by atoms with E-state index >= 15 is 0 Å². The van der Waals surface area contributed by atoms with E-state index in [0.29, 0.717) is 23.6 Å². The lowest BCUT2D eigenvalue weighted by Gasteiger charge is -2.09. The third-order valence-electron chi connectivity index (χ3n) is 3.69. The van der Waals surface area contributed by atoms with Crippen LogP contribution in [-0.2, 0) is 13.0 Å². The number of hydrogen-bond donors (Lipinski definition) is 1. The van der Waals surface area contributed by atoms with Crippen LogP contribution in [0.25, 0.3) is 4.96 Å². The minimum absolute atomic E-state index is 0.108. The topological polar surface area (TPSA) is 72.7 Å². The molecule has 0 aliphatic carbocycles. The molecule has 3 rings (SSSR count). The van der Waals surface area contributed by atoms with Crippen LogP contribution in [0.2, 0.25) is 0 Å². The molecule has 0 aliphatic heterocycles. The second-order valence-corrected chi connectivity index (χ2v) is 6.06. The maximum absolute atomic E-state index is 12.6. The van der Waals surface area contributed by atoms with E-state index in [1.54, 1.807) is 18.7 Å². The Labute approximate surface area is 142 Å². The van der Waals surface area contributed by atoms with Gasteiger partial charge in [0.1, 0.15) is 11.3 Å². The number of nitrogens with one attached hydrogen (secondary N) is 1. The fourth-order valence-corrected chi connectivity index (χ4v) is 3.18. The fraction of sp³-hybridized carbons (Fsp3) is 0.235. The molecule has 7 heteroatoms. The Bertz CT molecular complexity index is 946. The van der Waals surface area contributed by atoms with Gasteiger partial charge < -0.3 is 10.1 Å². The van der Waals surface area contributed by atoms with Gasteiger partial charge >= 0.3 is 0 Å². The number of aromatic nitrogens is 2. The van der Waals surface area contributed by atoms with Crippen LogP contribution in [-0.4, -0.2) is 22.4 Å². The molecule has 24 heavy (non-hydrogen) atoms. The average molecular weight is 343 g/mol. The van der Waals surface area contributed by atoms with Gasteiger partial charge in [-0.3, -0.25) is 14.0 Å². The van der Waals surface area contributed by atoms with Crippen molar-refractivity contribution >= 4 is 22.2 Å². The van der Waals surface area contributed by atoms with E-state index in [4.69, 9.17) is 4.74 Å². The maximum Gasteiger partial charge on any atom is 0.271 e. The van der Waals surface area contributed by atoms with Crippen LogP contribution in [0.5, 0.6) is 5.75 Å². The molecule has 6 nitrogen and oxygen atoms in total. The molecular weight excluding hydrogens is 326 g/mol. The van der Waals surface area contributed by atoms with Gasteiger partial charge in [-0.1, -0.05) is 19.1 Å². The SMILES string of the molecule is CCc1nc2sccn2c(=O)c1C(=O)NCc1cccc(OC)c1. The van der Waals surface area contributed by atoms with Crippen molar-refractivity contribution in [2.24, 2.45) is 0 Å². The van der Waals surface area contributed by atoms with Crippen LogP contribution in [0.4, 0.5) is 0 Å². The molecule has 0 saturated carbocycles. The number of fused-ring (bicyclic) bond motifs is 1. The molecule has 0 saturated heterocycles. The van der Waals surface area contributed by atoms with E-state index in [1.807, 2.05) is 31.2 Å². The summed E-state index contributed by atoms with van der Waals surface area (Å²) < 4.78 is 6.57. The number of amides is 1. The van der Waals surface area contributed by atoms with Crippen LogP contribution in [0.3, 0.4) is 0 Å². The van der Waals surface area contributed by atoms with Gasteiger partial charge in [0.05, 0.1) is 12.8 Å². The number of hydrogen-bond acceptors (Lipinski definition) is 5. The van der Waals surface area contributed by atoms with Crippen molar-refractivity contribution in [2.45, 2.75) is 19.9 Å². The summed E-state index contributed by atoms with van der Waals surface area (Å²) in [6.07, 6.45) is 2.15. The fourth-order valence-electron chi connectivity index (χ4n) is 2.46. The highest BCUT2D eigenvalue weighted by molar-refractivity contribution is 7.15. The number of nitrogens with zero attached hydrogens (tertiary/aromatic N) is 2.